The molecule has 7 rings (SSSR count). The fourth-order valence-corrected chi connectivity index (χ4v) is 8.08. The van der Waals surface area contributed by atoms with Gasteiger partial charge in [0.15, 0.2) is 0 Å². The van der Waals surface area contributed by atoms with E-state index in [4.69, 9.17) is 23.2 Å². The lowest BCUT2D eigenvalue weighted by molar-refractivity contribution is 1.03. The van der Waals surface area contributed by atoms with Crippen molar-refractivity contribution < 1.29 is 0 Å². The third-order valence-electron chi connectivity index (χ3n) is 7.94. The Balaban J connectivity index is 1.34. The van der Waals surface area contributed by atoms with Crippen molar-refractivity contribution in [3.63, 3.8) is 0 Å². The van der Waals surface area contributed by atoms with E-state index in [0.29, 0.717) is 0 Å². The van der Waals surface area contributed by atoms with Gasteiger partial charge in [-0.15, -0.1) is 0 Å². The van der Waals surface area contributed by atoms with Gasteiger partial charge in [-0.1, -0.05) is 94.9 Å². The molecule has 0 fully saturated rings. The molecule has 0 saturated carbocycles. The third-order valence-corrected chi connectivity index (χ3v) is 10.7. The van der Waals surface area contributed by atoms with Gasteiger partial charge in [0.1, 0.15) is 5.03 Å². The molecule has 4 aromatic rings. The molecule has 0 N–H and O–H groups in total. The molecule has 2 heterocycles. The third kappa shape index (κ3) is 5.63. The van der Waals surface area contributed by atoms with Gasteiger partial charge in [-0.2, -0.15) is 0 Å². The van der Waals surface area contributed by atoms with Gasteiger partial charge in [0, 0.05) is 45.3 Å². The molecule has 2 aliphatic heterocycles. The summed E-state index contributed by atoms with van der Waals surface area (Å²) < 4.78 is 0. The van der Waals surface area contributed by atoms with Crippen molar-refractivity contribution in [1.29, 1.82) is 0 Å². The predicted octanol–water partition coefficient (Wildman–Crippen LogP) is 11.4. The van der Waals surface area contributed by atoms with Crippen LogP contribution in [0.2, 0.25) is 10.0 Å². The van der Waals surface area contributed by atoms with E-state index >= 15 is 0 Å². The molecule has 1 aliphatic carbocycles. The van der Waals surface area contributed by atoms with E-state index < -0.39 is 0 Å². The van der Waals surface area contributed by atoms with Crippen LogP contribution in [0.3, 0.4) is 0 Å². The molecule has 0 bridgehead atoms. The van der Waals surface area contributed by atoms with E-state index in [-0.39, 0.29) is 0 Å². The molecule has 218 valence electrons. The van der Waals surface area contributed by atoms with E-state index in [2.05, 4.69) is 126 Å². The normalized spacial score (nSPS) is 17.4. The molecule has 0 saturated heterocycles. The first-order valence-electron chi connectivity index (χ1n) is 14.4. The summed E-state index contributed by atoms with van der Waals surface area (Å²) in [5, 5.41) is 3.72. The minimum absolute atomic E-state index is 0.741. The molecule has 0 radical (unpaired) electrons. The van der Waals surface area contributed by atoms with Gasteiger partial charge in [-0.3, -0.25) is 0 Å². The molecular weight excluding hydrogens is 621 g/mol. The van der Waals surface area contributed by atoms with E-state index in [1.54, 1.807) is 23.5 Å². The highest BCUT2D eigenvalue weighted by molar-refractivity contribution is 8.04. The predicted molar refractivity (Wildman–Crippen MR) is 190 cm³/mol. The van der Waals surface area contributed by atoms with E-state index in [1.165, 1.54) is 31.7 Å². The average molecular weight is 651 g/mol. The number of hydrogen-bond donors (Lipinski definition) is 0. The summed E-state index contributed by atoms with van der Waals surface area (Å²) in [7, 11) is 4.18. The highest BCUT2D eigenvalue weighted by Gasteiger charge is 2.28. The Hall–Kier alpha value is -3.70. The van der Waals surface area contributed by atoms with Crippen LogP contribution in [0.15, 0.2) is 158 Å². The fraction of sp³-hybridized carbons (Fsp3) is 0.108. The molecule has 3 nitrogen and oxygen atoms in total. The van der Waals surface area contributed by atoms with Gasteiger partial charge in [-0.05, 0) is 96.8 Å². The van der Waals surface area contributed by atoms with Gasteiger partial charge >= 0.3 is 0 Å². The summed E-state index contributed by atoms with van der Waals surface area (Å²) in [5.74, 6) is 0. The summed E-state index contributed by atoms with van der Waals surface area (Å²) in [6.45, 7) is 0. The Labute approximate surface area is 277 Å². The Kier molecular flexibility index (Phi) is 8.16. The SMILES string of the molecule is CN1C(=C=CC2=C(N(c3ccccc3)c3ccccc3)C(=CC=C3Sc4ccc(Cl)cc4N3C)CC2)Sc2ccc(Cl)cc21. The molecule has 7 heteroatoms. The van der Waals surface area contributed by atoms with Crippen molar-refractivity contribution in [1.82, 2.24) is 0 Å². The smallest absolute Gasteiger partial charge is 0.124 e. The van der Waals surface area contributed by atoms with Crippen LogP contribution in [0, 0.1) is 0 Å². The van der Waals surface area contributed by atoms with Gasteiger partial charge in [0.05, 0.1) is 22.1 Å². The maximum Gasteiger partial charge on any atom is 0.124 e. The average Bonchev–Trinajstić information content (AvgIpc) is 3.69. The number of benzene rings is 4. The van der Waals surface area contributed by atoms with Crippen LogP contribution in [0.25, 0.3) is 0 Å². The van der Waals surface area contributed by atoms with Crippen LogP contribution in [-0.2, 0) is 0 Å². The van der Waals surface area contributed by atoms with Crippen LogP contribution < -0.4 is 14.7 Å². The zero-order valence-electron chi connectivity index (χ0n) is 24.3. The zero-order valence-corrected chi connectivity index (χ0v) is 27.4. The monoisotopic (exact) mass is 649 g/mol. The first kappa shape index (κ1) is 29.0. The molecule has 0 unspecified atom stereocenters. The number of allylic oxidation sites excluding steroid dienone is 5. The van der Waals surface area contributed by atoms with E-state index in [9.17, 15) is 0 Å². The molecule has 4 aromatic carbocycles. The van der Waals surface area contributed by atoms with Gasteiger partial charge < -0.3 is 14.7 Å². The maximum atomic E-state index is 6.32. The lowest BCUT2D eigenvalue weighted by atomic mass is 10.1. The minimum atomic E-state index is 0.741. The van der Waals surface area contributed by atoms with Crippen molar-refractivity contribution in [3.05, 3.63) is 158 Å². The second kappa shape index (κ2) is 12.4. The number of nitrogens with zero attached hydrogens (tertiary/aromatic N) is 3. The summed E-state index contributed by atoms with van der Waals surface area (Å²) in [6.07, 6.45) is 8.58. The van der Waals surface area contributed by atoms with Crippen LogP contribution in [0.4, 0.5) is 22.7 Å². The standard InChI is InChI=1S/C37H29Cl2N3S2/c1-40-31-23-27(38)17-19-33(31)43-35(40)21-15-25-13-14-26(16-22-36-41(2)32-24-28(39)18-20-34(32)44-36)37(25)42(29-9-5-3-6-10-29)30-11-7-4-8-12-30/h3-12,15-21,23-24H,13-14H2,1-2H3. The van der Waals surface area contributed by atoms with E-state index in [1.807, 2.05) is 24.3 Å². The Bertz CT molecular complexity index is 1870. The second-order valence-electron chi connectivity index (χ2n) is 10.7. The van der Waals surface area contributed by atoms with Crippen molar-refractivity contribution in [2.24, 2.45) is 0 Å². The van der Waals surface area contributed by atoms with Crippen LogP contribution in [0.1, 0.15) is 12.8 Å². The second-order valence-corrected chi connectivity index (χ2v) is 13.7. The Morgan fingerprint density at radius 3 is 1.93 bits per heavy atom. The zero-order chi connectivity index (χ0) is 30.2. The molecule has 0 spiro atoms. The molecule has 3 aliphatic rings. The van der Waals surface area contributed by atoms with Crippen LogP contribution in [0.5, 0.6) is 0 Å². The van der Waals surface area contributed by atoms with Crippen LogP contribution in [-0.4, -0.2) is 14.1 Å². The van der Waals surface area contributed by atoms with Crippen LogP contribution >= 0.6 is 46.7 Å². The highest BCUT2D eigenvalue weighted by atomic mass is 35.5. The number of fused-ring (bicyclic) bond motifs is 2. The molecular formula is C37H29Cl2N3S2. The van der Waals surface area contributed by atoms with Crippen molar-refractivity contribution >= 4 is 69.5 Å². The minimum Gasteiger partial charge on any atom is -0.338 e. The van der Waals surface area contributed by atoms with Crippen molar-refractivity contribution in [2.45, 2.75) is 22.6 Å². The number of anilines is 4. The molecule has 0 atom stereocenters. The summed E-state index contributed by atoms with van der Waals surface area (Å²) in [4.78, 5) is 9.18. The summed E-state index contributed by atoms with van der Waals surface area (Å²) in [5.41, 5.74) is 11.9. The number of para-hydroxylation sites is 2. The first-order chi connectivity index (χ1) is 21.5. The first-order valence-corrected chi connectivity index (χ1v) is 16.8. The fourth-order valence-electron chi connectivity index (χ4n) is 5.72. The molecule has 44 heavy (non-hydrogen) atoms. The topological polar surface area (TPSA) is 9.72 Å². The molecule has 0 aromatic heterocycles. The Morgan fingerprint density at radius 2 is 1.30 bits per heavy atom. The van der Waals surface area contributed by atoms with Crippen molar-refractivity contribution in [3.8, 4) is 0 Å². The van der Waals surface area contributed by atoms with Gasteiger partial charge in [0.2, 0.25) is 0 Å². The lowest BCUT2D eigenvalue weighted by Crippen LogP contribution is -2.17. The number of thioether (sulfide) groups is 2. The number of hydrogen-bond acceptors (Lipinski definition) is 5. The largest absolute Gasteiger partial charge is 0.338 e. The quantitative estimate of drug-likeness (QED) is 0.198. The van der Waals surface area contributed by atoms with E-state index in [0.717, 1.165) is 50.7 Å². The molecule has 0 amide bonds. The summed E-state index contributed by atoms with van der Waals surface area (Å²) in [6, 6.07) is 33.4. The lowest BCUT2D eigenvalue weighted by Gasteiger charge is -2.28. The van der Waals surface area contributed by atoms with Crippen molar-refractivity contribution in [2.75, 3.05) is 28.8 Å². The number of rotatable bonds is 5. The maximum absolute atomic E-state index is 6.32. The van der Waals surface area contributed by atoms with Gasteiger partial charge in [0.25, 0.3) is 0 Å². The Morgan fingerprint density at radius 1 is 0.705 bits per heavy atom. The highest BCUT2D eigenvalue weighted by Crippen LogP contribution is 2.48. The van der Waals surface area contributed by atoms with Gasteiger partial charge in [-0.25, -0.2) is 0 Å². The number of halogens is 2. The summed E-state index contributed by atoms with van der Waals surface area (Å²) >= 11 is 16.1.